The van der Waals surface area contributed by atoms with E-state index in [2.05, 4.69) is 10.1 Å². The van der Waals surface area contributed by atoms with Crippen molar-refractivity contribution < 1.29 is 9.32 Å². The molecule has 2 aromatic rings. The molecule has 1 unspecified atom stereocenters. The zero-order valence-electron chi connectivity index (χ0n) is 15.3. The zero-order chi connectivity index (χ0) is 18.8. The van der Waals surface area contributed by atoms with Crippen molar-refractivity contribution in [2.24, 2.45) is 11.7 Å². The SMILES string of the molecule is N[C@@H]1CCC[C@H]1CC(=O)N1CCCC(c2nc(-c3ccc(Cl)cc3)no2)C1. The molecular formula is C20H25ClN4O2. The first-order valence-corrected chi connectivity index (χ1v) is 10.1. The van der Waals surface area contributed by atoms with Gasteiger partial charge in [0.2, 0.25) is 17.6 Å². The predicted octanol–water partition coefficient (Wildman–Crippen LogP) is 3.61. The van der Waals surface area contributed by atoms with Crippen molar-refractivity contribution in [2.45, 2.75) is 50.5 Å². The Morgan fingerprint density at radius 1 is 1.22 bits per heavy atom. The van der Waals surface area contributed by atoms with Crippen LogP contribution in [0, 0.1) is 5.92 Å². The zero-order valence-corrected chi connectivity index (χ0v) is 16.1. The number of hydrogen-bond donors (Lipinski definition) is 1. The van der Waals surface area contributed by atoms with Gasteiger partial charge in [0.25, 0.3) is 0 Å². The summed E-state index contributed by atoms with van der Waals surface area (Å²) in [6.07, 6.45) is 5.71. The Balaban J connectivity index is 1.41. The second-order valence-corrected chi connectivity index (χ2v) is 8.14. The van der Waals surface area contributed by atoms with E-state index in [0.717, 1.165) is 44.2 Å². The van der Waals surface area contributed by atoms with Crippen LogP contribution >= 0.6 is 11.6 Å². The van der Waals surface area contributed by atoms with E-state index in [1.807, 2.05) is 29.2 Å². The minimum atomic E-state index is 0.0912. The summed E-state index contributed by atoms with van der Waals surface area (Å²) in [6.45, 7) is 1.44. The third-order valence-corrected chi connectivity index (χ3v) is 6.07. The summed E-state index contributed by atoms with van der Waals surface area (Å²) in [5.41, 5.74) is 7.00. The maximum Gasteiger partial charge on any atom is 0.231 e. The van der Waals surface area contributed by atoms with Gasteiger partial charge in [0.05, 0.1) is 5.92 Å². The highest BCUT2D eigenvalue weighted by Crippen LogP contribution is 2.31. The third kappa shape index (κ3) is 4.17. The van der Waals surface area contributed by atoms with E-state index >= 15 is 0 Å². The molecule has 3 atom stereocenters. The van der Waals surface area contributed by atoms with Crippen LogP contribution in [0.2, 0.25) is 5.02 Å². The average molecular weight is 389 g/mol. The summed E-state index contributed by atoms with van der Waals surface area (Å²) in [5, 5.41) is 4.78. The van der Waals surface area contributed by atoms with Crippen LogP contribution in [0.5, 0.6) is 0 Å². The second kappa shape index (κ2) is 7.98. The average Bonchev–Trinajstić information content (AvgIpc) is 3.32. The predicted molar refractivity (Wildman–Crippen MR) is 103 cm³/mol. The molecule has 2 heterocycles. The van der Waals surface area contributed by atoms with E-state index in [0.29, 0.717) is 35.6 Å². The highest BCUT2D eigenvalue weighted by Gasteiger charge is 2.32. The Morgan fingerprint density at radius 2 is 2.04 bits per heavy atom. The van der Waals surface area contributed by atoms with E-state index in [-0.39, 0.29) is 17.9 Å². The maximum absolute atomic E-state index is 12.7. The molecule has 144 valence electrons. The molecule has 0 spiro atoms. The standard InChI is InChI=1S/C20H25ClN4O2/c21-16-8-6-13(7-9-16)19-23-20(27-24-19)15-4-2-10-25(12-15)18(26)11-14-3-1-5-17(14)22/h6-9,14-15,17H,1-5,10-12,22H2/t14-,15?,17+/m0/s1. The number of carbonyl (C=O) groups excluding carboxylic acids is 1. The first-order chi connectivity index (χ1) is 13.1. The van der Waals surface area contributed by atoms with Gasteiger partial charge in [-0.1, -0.05) is 23.2 Å². The highest BCUT2D eigenvalue weighted by molar-refractivity contribution is 6.30. The van der Waals surface area contributed by atoms with E-state index in [1.165, 1.54) is 0 Å². The molecule has 6 nitrogen and oxygen atoms in total. The van der Waals surface area contributed by atoms with Gasteiger partial charge in [-0.15, -0.1) is 0 Å². The lowest BCUT2D eigenvalue weighted by Crippen LogP contribution is -2.41. The molecule has 1 saturated carbocycles. The molecule has 1 aromatic carbocycles. The fraction of sp³-hybridized carbons (Fsp3) is 0.550. The number of halogens is 1. The van der Waals surface area contributed by atoms with Crippen LogP contribution in [0.15, 0.2) is 28.8 Å². The van der Waals surface area contributed by atoms with Crippen LogP contribution in [0.3, 0.4) is 0 Å². The van der Waals surface area contributed by atoms with Crippen molar-refractivity contribution in [1.82, 2.24) is 15.0 Å². The van der Waals surface area contributed by atoms with Gasteiger partial charge in [0, 0.05) is 36.1 Å². The highest BCUT2D eigenvalue weighted by atomic mass is 35.5. The number of hydrogen-bond acceptors (Lipinski definition) is 5. The Labute approximate surface area is 164 Å². The van der Waals surface area contributed by atoms with E-state index in [9.17, 15) is 4.79 Å². The lowest BCUT2D eigenvalue weighted by molar-refractivity contribution is -0.133. The fourth-order valence-corrected chi connectivity index (χ4v) is 4.32. The van der Waals surface area contributed by atoms with Gasteiger partial charge in [-0.3, -0.25) is 4.79 Å². The first-order valence-electron chi connectivity index (χ1n) is 9.73. The molecule has 7 heteroatoms. The monoisotopic (exact) mass is 388 g/mol. The number of amides is 1. The lowest BCUT2D eigenvalue weighted by atomic mass is 9.95. The van der Waals surface area contributed by atoms with Gasteiger partial charge >= 0.3 is 0 Å². The summed E-state index contributed by atoms with van der Waals surface area (Å²) >= 11 is 5.93. The Morgan fingerprint density at radius 3 is 2.78 bits per heavy atom. The van der Waals surface area contributed by atoms with Crippen molar-refractivity contribution >= 4 is 17.5 Å². The lowest BCUT2D eigenvalue weighted by Gasteiger charge is -2.32. The summed E-state index contributed by atoms with van der Waals surface area (Å²) in [5.74, 6) is 1.79. The molecule has 4 rings (SSSR count). The van der Waals surface area contributed by atoms with E-state index in [1.54, 1.807) is 0 Å². The van der Waals surface area contributed by atoms with Crippen molar-refractivity contribution in [3.63, 3.8) is 0 Å². The molecule has 2 N–H and O–H groups in total. The summed E-state index contributed by atoms with van der Waals surface area (Å²) < 4.78 is 5.52. The van der Waals surface area contributed by atoms with Crippen LogP contribution in [0.4, 0.5) is 0 Å². The largest absolute Gasteiger partial charge is 0.342 e. The molecule has 27 heavy (non-hydrogen) atoms. The Kier molecular flexibility index (Phi) is 5.45. The molecular weight excluding hydrogens is 364 g/mol. The number of benzene rings is 1. The summed E-state index contributed by atoms with van der Waals surface area (Å²) in [4.78, 5) is 19.2. The molecule has 2 aliphatic rings. The van der Waals surface area contributed by atoms with E-state index in [4.69, 9.17) is 21.9 Å². The number of likely N-dealkylation sites (tertiary alicyclic amines) is 1. The van der Waals surface area contributed by atoms with E-state index < -0.39 is 0 Å². The second-order valence-electron chi connectivity index (χ2n) is 7.70. The van der Waals surface area contributed by atoms with Crippen LogP contribution in [-0.4, -0.2) is 40.1 Å². The molecule has 1 aliphatic carbocycles. The molecule has 1 aliphatic heterocycles. The van der Waals surface area contributed by atoms with Crippen LogP contribution in [-0.2, 0) is 4.79 Å². The number of aromatic nitrogens is 2. The number of nitrogens with two attached hydrogens (primary N) is 1. The first kappa shape index (κ1) is 18.4. The van der Waals surface area contributed by atoms with Crippen molar-refractivity contribution in [3.05, 3.63) is 35.2 Å². The third-order valence-electron chi connectivity index (χ3n) is 5.82. The smallest absolute Gasteiger partial charge is 0.231 e. The van der Waals surface area contributed by atoms with Crippen molar-refractivity contribution in [2.75, 3.05) is 13.1 Å². The van der Waals surface area contributed by atoms with Gasteiger partial charge in [0.15, 0.2) is 0 Å². The van der Waals surface area contributed by atoms with Gasteiger partial charge in [0.1, 0.15) is 0 Å². The van der Waals surface area contributed by atoms with Crippen molar-refractivity contribution in [3.8, 4) is 11.4 Å². The minimum absolute atomic E-state index is 0.0912. The molecule has 0 bridgehead atoms. The molecule has 2 fully saturated rings. The van der Waals surface area contributed by atoms with Gasteiger partial charge in [-0.05, 0) is 55.9 Å². The Hall–Kier alpha value is -1.92. The quantitative estimate of drug-likeness (QED) is 0.864. The number of piperidine rings is 1. The minimum Gasteiger partial charge on any atom is -0.342 e. The molecule has 1 amide bonds. The summed E-state index contributed by atoms with van der Waals surface area (Å²) in [7, 11) is 0. The number of nitrogens with zero attached hydrogens (tertiary/aromatic N) is 3. The number of carbonyl (C=O) groups is 1. The fourth-order valence-electron chi connectivity index (χ4n) is 4.19. The van der Waals surface area contributed by atoms with Crippen LogP contribution in [0.1, 0.15) is 50.3 Å². The normalized spacial score (nSPS) is 25.7. The number of rotatable bonds is 4. The van der Waals surface area contributed by atoms with Gasteiger partial charge in [-0.25, -0.2) is 0 Å². The van der Waals surface area contributed by atoms with Crippen LogP contribution < -0.4 is 5.73 Å². The van der Waals surface area contributed by atoms with Crippen LogP contribution in [0.25, 0.3) is 11.4 Å². The van der Waals surface area contributed by atoms with Crippen molar-refractivity contribution in [1.29, 1.82) is 0 Å². The van der Waals surface area contributed by atoms with Gasteiger partial charge in [-0.2, -0.15) is 4.98 Å². The molecule has 1 saturated heterocycles. The topological polar surface area (TPSA) is 85.3 Å². The molecule has 1 aromatic heterocycles. The van der Waals surface area contributed by atoms with Gasteiger partial charge < -0.3 is 15.2 Å². The maximum atomic E-state index is 12.7. The summed E-state index contributed by atoms with van der Waals surface area (Å²) in [6, 6.07) is 7.53. The Bertz CT molecular complexity index is 792. The molecule has 0 radical (unpaired) electrons.